The fourth-order valence-corrected chi connectivity index (χ4v) is 3.89. The molecule has 0 aromatic rings. The van der Waals surface area contributed by atoms with Gasteiger partial charge in [-0.2, -0.15) is 0 Å². The van der Waals surface area contributed by atoms with Gasteiger partial charge in [0.2, 0.25) is 0 Å². The molecule has 0 radical (unpaired) electrons. The lowest BCUT2D eigenvalue weighted by Gasteiger charge is -2.24. The lowest BCUT2D eigenvalue weighted by molar-refractivity contribution is 0.241. The van der Waals surface area contributed by atoms with Crippen molar-refractivity contribution >= 4 is 0 Å². The van der Waals surface area contributed by atoms with E-state index in [0.717, 1.165) is 5.92 Å². The zero-order chi connectivity index (χ0) is 10.1. The molecule has 1 N–H and O–H groups in total. The van der Waals surface area contributed by atoms with Crippen molar-refractivity contribution in [3.63, 3.8) is 0 Å². The van der Waals surface area contributed by atoms with Gasteiger partial charge >= 0.3 is 0 Å². The summed E-state index contributed by atoms with van der Waals surface area (Å²) in [5, 5.41) is 3.54. The summed E-state index contributed by atoms with van der Waals surface area (Å²) in [5.41, 5.74) is 0.679. The van der Waals surface area contributed by atoms with E-state index in [9.17, 15) is 0 Å². The fraction of sp³-hybridized carbons (Fsp3) is 1.00. The number of rotatable bonds is 2. The third-order valence-electron chi connectivity index (χ3n) is 4.84. The van der Waals surface area contributed by atoms with Crippen LogP contribution < -0.4 is 5.32 Å². The Balaban J connectivity index is 1.52. The van der Waals surface area contributed by atoms with Crippen molar-refractivity contribution in [3.8, 4) is 0 Å². The molecular formula is C13H24N2. The SMILES string of the molecule is C1CCC(CN2CCC3(CCNC3)C2)C1. The van der Waals surface area contributed by atoms with Crippen LogP contribution in [-0.4, -0.2) is 37.6 Å². The molecule has 3 rings (SSSR count). The molecule has 1 aliphatic carbocycles. The molecule has 1 atom stereocenters. The largest absolute Gasteiger partial charge is 0.316 e. The molecule has 3 fully saturated rings. The highest BCUT2D eigenvalue weighted by Gasteiger charge is 2.40. The van der Waals surface area contributed by atoms with Crippen LogP contribution in [0.25, 0.3) is 0 Å². The van der Waals surface area contributed by atoms with Gasteiger partial charge < -0.3 is 10.2 Å². The van der Waals surface area contributed by atoms with Gasteiger partial charge in [-0.1, -0.05) is 12.8 Å². The normalized spacial score (nSPS) is 38.4. The third-order valence-corrected chi connectivity index (χ3v) is 4.84. The predicted molar refractivity (Wildman–Crippen MR) is 62.9 cm³/mol. The lowest BCUT2D eigenvalue weighted by Crippen LogP contribution is -2.31. The van der Waals surface area contributed by atoms with Crippen LogP contribution in [0.1, 0.15) is 38.5 Å². The Bertz CT molecular complexity index is 215. The minimum absolute atomic E-state index is 0.679. The van der Waals surface area contributed by atoms with Gasteiger partial charge in [0.1, 0.15) is 0 Å². The van der Waals surface area contributed by atoms with Crippen LogP contribution in [0, 0.1) is 11.3 Å². The predicted octanol–water partition coefficient (Wildman–Crippen LogP) is 1.86. The van der Waals surface area contributed by atoms with E-state index < -0.39 is 0 Å². The van der Waals surface area contributed by atoms with E-state index in [2.05, 4.69) is 10.2 Å². The Morgan fingerprint density at radius 2 is 2.07 bits per heavy atom. The third kappa shape index (κ3) is 2.07. The van der Waals surface area contributed by atoms with Crippen molar-refractivity contribution < 1.29 is 0 Å². The fourth-order valence-electron chi connectivity index (χ4n) is 3.89. The topological polar surface area (TPSA) is 15.3 Å². The maximum Gasteiger partial charge on any atom is 0.00512 e. The van der Waals surface area contributed by atoms with Crippen molar-refractivity contribution in [3.05, 3.63) is 0 Å². The van der Waals surface area contributed by atoms with Crippen LogP contribution in [0.3, 0.4) is 0 Å². The van der Waals surface area contributed by atoms with Crippen molar-refractivity contribution in [2.75, 3.05) is 32.7 Å². The molecular weight excluding hydrogens is 184 g/mol. The molecule has 2 aliphatic heterocycles. The molecule has 0 bridgehead atoms. The summed E-state index contributed by atoms with van der Waals surface area (Å²) in [4.78, 5) is 2.75. The molecule has 0 aromatic carbocycles. The summed E-state index contributed by atoms with van der Waals surface area (Å²) in [5.74, 6) is 1.04. The Labute approximate surface area is 93.4 Å². The Hall–Kier alpha value is -0.0800. The van der Waals surface area contributed by atoms with Crippen LogP contribution in [0.4, 0.5) is 0 Å². The molecule has 86 valence electrons. The minimum Gasteiger partial charge on any atom is -0.316 e. The number of hydrogen-bond donors (Lipinski definition) is 1. The van der Waals surface area contributed by atoms with E-state index in [1.165, 1.54) is 71.2 Å². The summed E-state index contributed by atoms with van der Waals surface area (Å²) in [7, 11) is 0. The van der Waals surface area contributed by atoms with Crippen molar-refractivity contribution in [1.82, 2.24) is 10.2 Å². The van der Waals surface area contributed by atoms with Crippen molar-refractivity contribution in [1.29, 1.82) is 0 Å². The first-order valence-corrected chi connectivity index (χ1v) is 6.79. The second kappa shape index (κ2) is 4.06. The average Bonchev–Trinajstić information content (AvgIpc) is 2.92. The highest BCUT2D eigenvalue weighted by Crippen LogP contribution is 2.37. The van der Waals surface area contributed by atoms with Crippen molar-refractivity contribution in [2.24, 2.45) is 11.3 Å². The minimum atomic E-state index is 0.679. The van der Waals surface area contributed by atoms with Gasteiger partial charge in [0.05, 0.1) is 0 Å². The summed E-state index contributed by atoms with van der Waals surface area (Å²) in [6, 6.07) is 0. The molecule has 0 aromatic heterocycles. The first-order chi connectivity index (χ1) is 7.36. The second-order valence-corrected chi connectivity index (χ2v) is 6.06. The van der Waals surface area contributed by atoms with Crippen LogP contribution in [0.5, 0.6) is 0 Å². The number of likely N-dealkylation sites (tertiary alicyclic amines) is 1. The highest BCUT2D eigenvalue weighted by molar-refractivity contribution is 4.96. The molecule has 2 saturated heterocycles. The van der Waals surface area contributed by atoms with Gasteiger partial charge in [0, 0.05) is 19.6 Å². The lowest BCUT2D eigenvalue weighted by atomic mass is 9.86. The van der Waals surface area contributed by atoms with E-state index in [1.807, 2.05) is 0 Å². The van der Waals surface area contributed by atoms with Gasteiger partial charge in [0.15, 0.2) is 0 Å². The first kappa shape index (κ1) is 10.1. The number of nitrogens with zero attached hydrogens (tertiary/aromatic N) is 1. The first-order valence-electron chi connectivity index (χ1n) is 6.79. The van der Waals surface area contributed by atoms with E-state index in [-0.39, 0.29) is 0 Å². The Kier molecular flexibility index (Phi) is 2.73. The van der Waals surface area contributed by atoms with Crippen LogP contribution in [-0.2, 0) is 0 Å². The van der Waals surface area contributed by atoms with Gasteiger partial charge in [0.25, 0.3) is 0 Å². The highest BCUT2D eigenvalue weighted by atomic mass is 15.2. The van der Waals surface area contributed by atoms with Crippen LogP contribution in [0.2, 0.25) is 0 Å². The molecule has 2 heterocycles. The average molecular weight is 208 g/mol. The van der Waals surface area contributed by atoms with Gasteiger partial charge in [-0.3, -0.25) is 0 Å². The molecule has 2 nitrogen and oxygen atoms in total. The molecule has 3 aliphatic rings. The van der Waals surface area contributed by atoms with Crippen LogP contribution >= 0.6 is 0 Å². The van der Waals surface area contributed by atoms with E-state index in [4.69, 9.17) is 0 Å². The number of hydrogen-bond acceptors (Lipinski definition) is 2. The summed E-state index contributed by atoms with van der Waals surface area (Å²) < 4.78 is 0. The van der Waals surface area contributed by atoms with Crippen LogP contribution in [0.15, 0.2) is 0 Å². The zero-order valence-corrected chi connectivity index (χ0v) is 9.80. The Morgan fingerprint density at radius 1 is 1.20 bits per heavy atom. The molecule has 1 saturated carbocycles. The van der Waals surface area contributed by atoms with Crippen molar-refractivity contribution in [2.45, 2.75) is 38.5 Å². The second-order valence-electron chi connectivity index (χ2n) is 6.06. The summed E-state index contributed by atoms with van der Waals surface area (Å²) >= 11 is 0. The maximum absolute atomic E-state index is 3.54. The standard InChI is InChI=1S/C13H24N2/c1-2-4-12(3-1)9-15-8-6-13(11-15)5-7-14-10-13/h12,14H,1-11H2. The molecule has 15 heavy (non-hydrogen) atoms. The van der Waals surface area contributed by atoms with Gasteiger partial charge in [-0.05, 0) is 50.1 Å². The monoisotopic (exact) mass is 208 g/mol. The van der Waals surface area contributed by atoms with E-state index in [0.29, 0.717) is 5.41 Å². The quantitative estimate of drug-likeness (QED) is 0.745. The summed E-state index contributed by atoms with van der Waals surface area (Å²) in [6.07, 6.45) is 8.86. The van der Waals surface area contributed by atoms with Gasteiger partial charge in [-0.25, -0.2) is 0 Å². The maximum atomic E-state index is 3.54. The number of nitrogens with one attached hydrogen (secondary N) is 1. The smallest absolute Gasteiger partial charge is 0.00512 e. The Morgan fingerprint density at radius 3 is 2.80 bits per heavy atom. The molecule has 1 spiro atoms. The molecule has 2 heteroatoms. The molecule has 0 amide bonds. The van der Waals surface area contributed by atoms with E-state index in [1.54, 1.807) is 0 Å². The zero-order valence-electron chi connectivity index (χ0n) is 9.80. The van der Waals surface area contributed by atoms with E-state index >= 15 is 0 Å². The molecule has 1 unspecified atom stereocenters. The summed E-state index contributed by atoms with van der Waals surface area (Å²) in [6.45, 7) is 6.71. The van der Waals surface area contributed by atoms with Gasteiger partial charge in [-0.15, -0.1) is 0 Å².